The van der Waals surface area contributed by atoms with E-state index in [0.717, 1.165) is 99.4 Å². The Morgan fingerprint density at radius 2 is 1.29 bits per heavy atom. The number of aliphatic imine (C=N–C) groups is 2. The van der Waals surface area contributed by atoms with Gasteiger partial charge in [0.15, 0.2) is 0 Å². The van der Waals surface area contributed by atoms with Gasteiger partial charge in [0.05, 0.1) is 35.5 Å². The summed E-state index contributed by atoms with van der Waals surface area (Å²) in [5.41, 5.74) is 12.3. The van der Waals surface area contributed by atoms with E-state index in [1.54, 1.807) is 0 Å². The highest BCUT2D eigenvalue weighted by Crippen LogP contribution is 2.37. The predicted octanol–water partition coefficient (Wildman–Crippen LogP) is 5.11. The second-order valence-electron chi connectivity index (χ2n) is 15.6. The third-order valence-electron chi connectivity index (χ3n) is 11.5. The van der Waals surface area contributed by atoms with Crippen LogP contribution in [0.15, 0.2) is 59.0 Å². The highest BCUT2D eigenvalue weighted by Gasteiger charge is 2.30. The topological polar surface area (TPSA) is 232 Å². The number of anilines is 4. The van der Waals surface area contributed by atoms with E-state index in [9.17, 15) is 23.1 Å². The van der Waals surface area contributed by atoms with Crippen molar-refractivity contribution in [3.63, 3.8) is 0 Å². The molecule has 4 aromatic heterocycles. The molecule has 10 rings (SSSR count). The number of aryl methyl sites for hydroxylation is 2. The molecule has 4 aliphatic rings. The zero-order chi connectivity index (χ0) is 40.7. The quantitative estimate of drug-likeness (QED) is 0.0995. The van der Waals surface area contributed by atoms with E-state index in [1.165, 1.54) is 30.0 Å². The van der Waals surface area contributed by atoms with Gasteiger partial charge in [-0.2, -0.15) is 0 Å². The summed E-state index contributed by atoms with van der Waals surface area (Å²) in [5.74, 6) is 0.188. The summed E-state index contributed by atoms with van der Waals surface area (Å²) in [5, 5.41) is 20.9. The predicted molar refractivity (Wildman–Crippen MR) is 226 cm³/mol. The summed E-state index contributed by atoms with van der Waals surface area (Å²) in [6.07, 6.45) is 12.4. The lowest BCUT2D eigenvalue weighted by molar-refractivity contribution is -0.142. The molecular formula is C42H43N11O5S. The summed E-state index contributed by atoms with van der Waals surface area (Å²) in [6, 6.07) is 12.3. The molecule has 6 aromatic rings. The minimum absolute atomic E-state index is 0.0345. The molecule has 0 spiro atoms. The van der Waals surface area contributed by atoms with Crippen LogP contribution in [0.4, 0.5) is 23.0 Å². The van der Waals surface area contributed by atoms with Gasteiger partial charge in [-0.05, 0) is 103 Å². The number of benzene rings is 2. The van der Waals surface area contributed by atoms with Crippen LogP contribution >= 0.6 is 0 Å². The van der Waals surface area contributed by atoms with Crippen molar-refractivity contribution in [2.45, 2.75) is 58.0 Å². The molecule has 2 unspecified atom stereocenters. The summed E-state index contributed by atoms with van der Waals surface area (Å²) < 4.78 is 22.6. The third kappa shape index (κ3) is 8.02. The normalized spacial score (nSPS) is 17.4. The van der Waals surface area contributed by atoms with Gasteiger partial charge in [0.25, 0.3) is 0 Å². The van der Waals surface area contributed by atoms with Crippen molar-refractivity contribution in [3.8, 4) is 0 Å². The van der Waals surface area contributed by atoms with E-state index in [4.69, 9.17) is 0 Å². The van der Waals surface area contributed by atoms with Gasteiger partial charge >= 0.3 is 5.97 Å². The lowest BCUT2D eigenvalue weighted by Gasteiger charge is -2.22. The zero-order valence-corrected chi connectivity index (χ0v) is 33.2. The number of amides is 1. The Bertz CT molecular complexity index is 2810. The summed E-state index contributed by atoms with van der Waals surface area (Å²) in [6.45, 7) is 1.81. The molecule has 302 valence electrons. The van der Waals surface area contributed by atoms with Crippen LogP contribution in [0.1, 0.15) is 64.0 Å². The molecule has 2 aromatic carbocycles. The van der Waals surface area contributed by atoms with E-state index < -0.39 is 15.8 Å². The van der Waals surface area contributed by atoms with Crippen molar-refractivity contribution in [3.05, 3.63) is 93.8 Å². The number of aromatic amines is 2. The van der Waals surface area contributed by atoms with Gasteiger partial charge in [-0.1, -0.05) is 12.1 Å². The second-order valence-corrected chi connectivity index (χ2v) is 17.8. The van der Waals surface area contributed by atoms with Crippen molar-refractivity contribution in [2.75, 3.05) is 29.2 Å². The number of nitrogens with zero attached hydrogens (tertiary/aromatic N) is 6. The van der Waals surface area contributed by atoms with Gasteiger partial charge in [0.2, 0.25) is 5.91 Å². The number of sulfone groups is 1. The first kappa shape index (κ1) is 38.1. The maximum atomic E-state index is 12.7. The van der Waals surface area contributed by atoms with Crippen molar-refractivity contribution in [1.29, 1.82) is 0 Å². The molecule has 16 nitrogen and oxygen atoms in total. The highest BCUT2D eigenvalue weighted by molar-refractivity contribution is 7.90. The van der Waals surface area contributed by atoms with Gasteiger partial charge in [-0.3, -0.25) is 19.6 Å². The maximum absolute atomic E-state index is 12.7. The maximum Gasteiger partial charge on any atom is 0.306 e. The molecule has 2 atom stereocenters. The van der Waals surface area contributed by atoms with Crippen LogP contribution in [-0.2, 0) is 58.2 Å². The number of nitrogens with one attached hydrogen (secondary N) is 5. The van der Waals surface area contributed by atoms with Gasteiger partial charge < -0.3 is 31.0 Å². The molecule has 0 fully saturated rings. The fraction of sp³-hybridized carbons (Fsp3) is 0.333. The number of fused-ring (bicyclic) bond motifs is 8. The minimum atomic E-state index is -3.02. The van der Waals surface area contributed by atoms with Crippen molar-refractivity contribution < 1.29 is 23.1 Å². The van der Waals surface area contributed by atoms with E-state index >= 15 is 0 Å². The Hall–Kier alpha value is -6.49. The lowest BCUT2D eigenvalue weighted by Crippen LogP contribution is -2.35. The first-order valence-corrected chi connectivity index (χ1v) is 21.8. The van der Waals surface area contributed by atoms with E-state index in [-0.39, 0.29) is 23.5 Å². The van der Waals surface area contributed by atoms with Crippen molar-refractivity contribution >= 4 is 79.2 Å². The molecule has 0 bridgehead atoms. The molecule has 1 amide bonds. The van der Waals surface area contributed by atoms with Gasteiger partial charge in [-0.25, -0.2) is 28.4 Å². The minimum Gasteiger partial charge on any atom is -0.481 e. The second kappa shape index (κ2) is 15.7. The van der Waals surface area contributed by atoms with Gasteiger partial charge in [-0.15, -0.1) is 0 Å². The van der Waals surface area contributed by atoms with Gasteiger partial charge in [0, 0.05) is 53.9 Å². The van der Waals surface area contributed by atoms with Crippen LogP contribution in [0, 0.1) is 11.8 Å². The van der Waals surface area contributed by atoms with E-state index in [1.807, 2.05) is 24.6 Å². The first-order valence-electron chi connectivity index (χ1n) is 19.7. The monoisotopic (exact) mass is 813 g/mol. The number of carbonyl (C=O) groups excluding carboxylic acids is 1. The lowest BCUT2D eigenvalue weighted by atomic mass is 9.86. The molecule has 2 aliphatic heterocycles. The molecular weight excluding hydrogens is 771 g/mol. The highest BCUT2D eigenvalue weighted by atomic mass is 32.2. The Balaban J connectivity index is 0.000000156. The number of carboxylic acids is 1. The molecule has 6 heterocycles. The van der Waals surface area contributed by atoms with Gasteiger partial charge in [0.1, 0.15) is 45.4 Å². The number of carboxylic acid groups (broad SMARTS) is 1. The van der Waals surface area contributed by atoms with E-state index in [0.29, 0.717) is 43.9 Å². The Kier molecular flexibility index (Phi) is 10.1. The van der Waals surface area contributed by atoms with Crippen LogP contribution in [0.3, 0.4) is 0 Å². The SMILES string of the molecule is CS(=O)(=O)CCCNC(=O)C1CCc2[nH]c3ncnc(Nc4ccc5c(c4)C=NC5)c3c2C1.O=C(O)C1CCc2[nH]c3ncnc(Nc4ccc5c(c4)C=NC5)c3c2C1. The Morgan fingerprint density at radius 3 is 1.81 bits per heavy atom. The smallest absolute Gasteiger partial charge is 0.306 e. The average molecular weight is 814 g/mol. The number of aromatic nitrogens is 6. The average Bonchev–Trinajstić information content (AvgIpc) is 4.03. The molecule has 0 saturated heterocycles. The molecule has 2 aliphatic carbocycles. The fourth-order valence-electron chi connectivity index (χ4n) is 8.43. The number of H-pyrrole nitrogens is 2. The van der Waals surface area contributed by atoms with Crippen molar-refractivity contribution in [2.24, 2.45) is 21.8 Å². The number of rotatable bonds is 10. The van der Waals surface area contributed by atoms with Crippen LogP contribution < -0.4 is 16.0 Å². The third-order valence-corrected chi connectivity index (χ3v) is 12.5. The molecule has 59 heavy (non-hydrogen) atoms. The van der Waals surface area contributed by atoms with Crippen molar-refractivity contribution in [1.82, 2.24) is 35.2 Å². The van der Waals surface area contributed by atoms with E-state index in [2.05, 4.69) is 80.1 Å². The largest absolute Gasteiger partial charge is 0.481 e. The number of hydrogen-bond donors (Lipinski definition) is 6. The Morgan fingerprint density at radius 1 is 0.763 bits per heavy atom. The molecule has 6 N–H and O–H groups in total. The summed E-state index contributed by atoms with van der Waals surface area (Å²) in [4.78, 5) is 57.2. The number of aliphatic carboxylic acids is 1. The zero-order valence-electron chi connectivity index (χ0n) is 32.4. The summed E-state index contributed by atoms with van der Waals surface area (Å²) >= 11 is 0. The standard InChI is InChI=1S/C23H26N6O3S.C19H17N5O2/c1-33(31,32)8-2-7-25-23(30)14-4-6-19-18(10-14)20-21(26-13-27-22(20)29-19)28-17-5-3-15-11-24-12-16(15)9-17;25-19(26)10-2-4-15-14(6-10)16-17(21-9-22-18(16)24-15)23-13-3-1-11-7-20-8-12(11)5-13/h3,5,9,12-14H,2,4,6-8,10-11H2,1H3,(H,25,30)(H2,26,27,28,29);1,3,5,8-10H,2,4,6-7H2,(H,25,26)(H2,21,22,23,24). The first-order chi connectivity index (χ1) is 28.6. The molecule has 0 radical (unpaired) electrons. The number of carbonyl (C=O) groups is 2. The summed E-state index contributed by atoms with van der Waals surface area (Å²) in [7, 11) is -3.02. The van der Waals surface area contributed by atoms with Crippen LogP contribution in [0.25, 0.3) is 22.1 Å². The van der Waals surface area contributed by atoms with Crippen LogP contribution in [0.2, 0.25) is 0 Å². The molecule has 17 heteroatoms. The fourth-order valence-corrected chi connectivity index (χ4v) is 9.10. The Labute approximate surface area is 339 Å². The van der Waals surface area contributed by atoms with Crippen LogP contribution in [0.5, 0.6) is 0 Å². The molecule has 0 saturated carbocycles. The number of hydrogen-bond acceptors (Lipinski definition) is 12. The van der Waals surface area contributed by atoms with Crippen LogP contribution in [-0.4, -0.2) is 86.3 Å².